The van der Waals surface area contributed by atoms with E-state index in [0.717, 1.165) is 30.6 Å². The number of carboxylic acid groups (broad SMARTS) is 1. The molecule has 238 valence electrons. The molecule has 8 heteroatoms. The minimum Gasteiger partial charge on any atom is -0.481 e. The number of ether oxygens (including phenoxy) is 1. The van der Waals surface area contributed by atoms with Crippen LogP contribution < -0.4 is 0 Å². The van der Waals surface area contributed by atoms with Gasteiger partial charge in [0.25, 0.3) is 0 Å². The predicted molar refractivity (Wildman–Crippen MR) is 160 cm³/mol. The van der Waals surface area contributed by atoms with Crippen molar-refractivity contribution >= 4 is 5.97 Å². The number of aliphatic hydroxyl groups is 5. The Morgan fingerprint density at radius 3 is 1.75 bits per heavy atom. The van der Waals surface area contributed by atoms with E-state index in [2.05, 4.69) is 40.7 Å². The molecular formula is C32H62O8. The summed E-state index contributed by atoms with van der Waals surface area (Å²) in [5, 5.41) is 58.5. The van der Waals surface area contributed by atoms with Crippen molar-refractivity contribution in [3.8, 4) is 0 Å². The fourth-order valence-corrected chi connectivity index (χ4v) is 5.00. The molecule has 0 aromatic heterocycles. The topological polar surface area (TPSA) is 148 Å². The molecule has 0 aromatic rings. The highest BCUT2D eigenvalue weighted by Gasteiger charge is 2.46. The fraction of sp³-hybridized carbons (Fsp3) is 0.906. The van der Waals surface area contributed by atoms with Crippen LogP contribution >= 0.6 is 0 Å². The van der Waals surface area contributed by atoms with Crippen LogP contribution in [-0.2, 0) is 9.53 Å². The number of hydrogen-bond donors (Lipinski definition) is 6. The summed E-state index contributed by atoms with van der Waals surface area (Å²) in [6.07, 6.45) is 13.6. The highest BCUT2D eigenvalue weighted by Crippen LogP contribution is 2.28. The summed E-state index contributed by atoms with van der Waals surface area (Å²) in [5.74, 6) is 0.971. The Morgan fingerprint density at radius 2 is 1.27 bits per heavy atom. The normalized spacial score (nSPS) is 16.6. The molecular weight excluding hydrogens is 512 g/mol. The molecule has 0 aliphatic rings. The molecule has 0 saturated heterocycles. The zero-order valence-corrected chi connectivity index (χ0v) is 26.1. The van der Waals surface area contributed by atoms with Gasteiger partial charge in [0, 0.05) is 0 Å². The fourth-order valence-electron chi connectivity index (χ4n) is 5.00. The smallest absolute Gasteiger partial charge is 0.317 e. The SMILES string of the molecule is CC(=CCCCC(O)C(CO)(COCC(CO)(CO)CO)C(=O)O)CCCC(C)CCCC(C)CCCC(C)C. The van der Waals surface area contributed by atoms with Crippen molar-refractivity contribution in [2.24, 2.45) is 28.6 Å². The van der Waals surface area contributed by atoms with Crippen LogP contribution in [0.3, 0.4) is 0 Å². The van der Waals surface area contributed by atoms with Gasteiger partial charge in [-0.3, -0.25) is 4.79 Å². The first-order chi connectivity index (χ1) is 18.9. The molecule has 0 bridgehead atoms. The lowest BCUT2D eigenvalue weighted by Crippen LogP contribution is -2.50. The summed E-state index contributed by atoms with van der Waals surface area (Å²) in [4.78, 5) is 12.0. The highest BCUT2D eigenvalue weighted by molar-refractivity contribution is 5.75. The van der Waals surface area contributed by atoms with Crippen molar-refractivity contribution in [3.63, 3.8) is 0 Å². The minimum atomic E-state index is -1.92. The molecule has 0 saturated carbocycles. The third-order valence-electron chi connectivity index (χ3n) is 8.43. The molecule has 0 aliphatic carbocycles. The van der Waals surface area contributed by atoms with Gasteiger partial charge in [0.05, 0.1) is 51.2 Å². The van der Waals surface area contributed by atoms with Crippen molar-refractivity contribution in [2.45, 2.75) is 118 Å². The largest absolute Gasteiger partial charge is 0.481 e. The molecule has 0 spiro atoms. The summed E-state index contributed by atoms with van der Waals surface area (Å²) in [6.45, 7) is 8.14. The van der Waals surface area contributed by atoms with Crippen molar-refractivity contribution in [1.29, 1.82) is 0 Å². The van der Waals surface area contributed by atoms with Crippen molar-refractivity contribution in [2.75, 3.05) is 39.6 Å². The number of carboxylic acids is 1. The zero-order valence-electron chi connectivity index (χ0n) is 26.1. The molecule has 40 heavy (non-hydrogen) atoms. The molecule has 0 aromatic carbocycles. The maximum atomic E-state index is 12.0. The number of allylic oxidation sites excluding steroid dienone is 2. The Labute approximate surface area is 243 Å². The van der Waals surface area contributed by atoms with Gasteiger partial charge in [-0.15, -0.1) is 0 Å². The van der Waals surface area contributed by atoms with E-state index in [4.69, 9.17) is 4.74 Å². The third-order valence-corrected chi connectivity index (χ3v) is 8.43. The van der Waals surface area contributed by atoms with Gasteiger partial charge in [-0.05, 0) is 56.8 Å². The van der Waals surface area contributed by atoms with Crippen LogP contribution in [0.2, 0.25) is 0 Å². The highest BCUT2D eigenvalue weighted by atomic mass is 16.5. The zero-order chi connectivity index (χ0) is 30.6. The van der Waals surface area contributed by atoms with Crippen LogP contribution in [0.1, 0.15) is 112 Å². The Balaban J connectivity index is 4.42. The first-order valence-corrected chi connectivity index (χ1v) is 15.5. The first-order valence-electron chi connectivity index (χ1n) is 15.5. The molecule has 0 fully saturated rings. The Hall–Kier alpha value is -1.03. The van der Waals surface area contributed by atoms with Crippen LogP contribution in [0, 0.1) is 28.6 Å². The molecule has 0 aliphatic heterocycles. The molecule has 0 heterocycles. The number of unbranched alkanes of at least 4 members (excludes halogenated alkanes) is 1. The molecule has 8 nitrogen and oxygen atoms in total. The van der Waals surface area contributed by atoms with Gasteiger partial charge in [-0.25, -0.2) is 0 Å². The molecule has 0 amide bonds. The standard InChI is InChI=1S/C32H62O8/c1-25(2)11-8-13-27(4)15-10-17-28(5)16-9-14-26(3)12-6-7-18-29(37)32(22-36,30(38)39)24-40-23-31(19-33,20-34)21-35/h12,25,27-29,33-37H,6-11,13-24H2,1-5H3,(H,38,39). The summed E-state index contributed by atoms with van der Waals surface area (Å²) in [6, 6.07) is 0. The van der Waals surface area contributed by atoms with Gasteiger partial charge in [0.15, 0.2) is 0 Å². The van der Waals surface area contributed by atoms with Crippen molar-refractivity contribution in [3.05, 3.63) is 11.6 Å². The second-order valence-electron chi connectivity index (χ2n) is 12.9. The molecule has 4 unspecified atom stereocenters. The van der Waals surface area contributed by atoms with E-state index in [1.165, 1.54) is 50.5 Å². The molecule has 4 atom stereocenters. The van der Waals surface area contributed by atoms with E-state index in [-0.39, 0.29) is 13.0 Å². The van der Waals surface area contributed by atoms with E-state index in [1.807, 2.05) is 0 Å². The average Bonchev–Trinajstić information content (AvgIpc) is 2.91. The second-order valence-corrected chi connectivity index (χ2v) is 12.9. The van der Waals surface area contributed by atoms with Gasteiger partial charge in [-0.1, -0.05) is 84.3 Å². The van der Waals surface area contributed by atoms with Crippen molar-refractivity contribution in [1.82, 2.24) is 0 Å². The first kappa shape index (κ1) is 39.0. The minimum absolute atomic E-state index is 0.179. The molecule has 0 rings (SSSR count). The van der Waals surface area contributed by atoms with Crippen LogP contribution in [0.4, 0.5) is 0 Å². The van der Waals surface area contributed by atoms with E-state index in [9.17, 15) is 35.4 Å². The van der Waals surface area contributed by atoms with Gasteiger partial charge in [0.1, 0.15) is 5.41 Å². The summed E-state index contributed by atoms with van der Waals surface area (Å²) in [7, 11) is 0. The van der Waals surface area contributed by atoms with Crippen molar-refractivity contribution < 1.29 is 40.2 Å². The average molecular weight is 575 g/mol. The number of carbonyl (C=O) groups is 1. The maximum absolute atomic E-state index is 12.0. The van der Waals surface area contributed by atoms with Crippen LogP contribution in [0.25, 0.3) is 0 Å². The van der Waals surface area contributed by atoms with E-state index in [0.29, 0.717) is 12.8 Å². The van der Waals surface area contributed by atoms with Crippen LogP contribution in [0.5, 0.6) is 0 Å². The van der Waals surface area contributed by atoms with Gasteiger partial charge >= 0.3 is 5.97 Å². The number of aliphatic hydroxyl groups excluding tert-OH is 5. The third kappa shape index (κ3) is 15.3. The lowest BCUT2D eigenvalue weighted by Gasteiger charge is -2.34. The summed E-state index contributed by atoms with van der Waals surface area (Å²) < 4.78 is 5.39. The molecule has 0 radical (unpaired) electrons. The number of aliphatic carboxylic acids is 1. The number of rotatable bonds is 26. The number of hydrogen-bond acceptors (Lipinski definition) is 7. The van der Waals surface area contributed by atoms with Gasteiger partial charge in [-0.2, -0.15) is 0 Å². The summed E-state index contributed by atoms with van der Waals surface area (Å²) >= 11 is 0. The van der Waals surface area contributed by atoms with Crippen LogP contribution in [-0.4, -0.2) is 82.4 Å². The van der Waals surface area contributed by atoms with Gasteiger partial charge in [0.2, 0.25) is 0 Å². The lowest BCUT2D eigenvalue weighted by molar-refractivity contribution is -0.172. The van der Waals surface area contributed by atoms with E-state index in [1.54, 1.807) is 0 Å². The lowest BCUT2D eigenvalue weighted by atomic mass is 9.81. The quantitative estimate of drug-likeness (QED) is 0.0628. The second kappa shape index (κ2) is 21.6. The summed E-state index contributed by atoms with van der Waals surface area (Å²) in [5.41, 5.74) is -1.95. The maximum Gasteiger partial charge on any atom is 0.317 e. The predicted octanol–water partition coefficient (Wildman–Crippen LogP) is 4.95. The van der Waals surface area contributed by atoms with E-state index < -0.39 is 55.9 Å². The molecule has 6 N–H and O–H groups in total. The Kier molecular flexibility index (Phi) is 21.1. The Morgan fingerprint density at radius 1 is 0.750 bits per heavy atom. The monoisotopic (exact) mass is 574 g/mol. The van der Waals surface area contributed by atoms with Crippen LogP contribution in [0.15, 0.2) is 11.6 Å². The Bertz CT molecular complexity index is 668. The van der Waals surface area contributed by atoms with Gasteiger partial charge < -0.3 is 35.4 Å². The van der Waals surface area contributed by atoms with E-state index >= 15 is 0 Å².